The Labute approximate surface area is 136 Å². The second kappa shape index (κ2) is 10.8. The van der Waals surface area contributed by atoms with Gasteiger partial charge in [-0.1, -0.05) is 32.6 Å². The summed E-state index contributed by atoms with van der Waals surface area (Å²) in [6.45, 7) is 2.10. The molecule has 0 aromatic rings. The van der Waals surface area contributed by atoms with Crippen LogP contribution in [0.2, 0.25) is 0 Å². The van der Waals surface area contributed by atoms with E-state index in [0.29, 0.717) is 0 Å². The van der Waals surface area contributed by atoms with Crippen molar-refractivity contribution in [2.75, 3.05) is 20.3 Å². The molecule has 1 heterocycles. The van der Waals surface area contributed by atoms with Gasteiger partial charge in [-0.3, -0.25) is 0 Å². The maximum Gasteiger partial charge on any atom is 0.508 e. The maximum atomic E-state index is 11.5. The van der Waals surface area contributed by atoms with E-state index >= 15 is 0 Å². The number of ether oxygens (including phenoxy) is 4. The second-order valence-electron chi connectivity index (χ2n) is 5.57. The number of hydrogen-bond acceptors (Lipinski definition) is 8. The molecule has 1 rings (SSSR count). The van der Waals surface area contributed by atoms with Gasteiger partial charge in [-0.05, 0) is 6.42 Å². The first-order valence-corrected chi connectivity index (χ1v) is 8.03. The van der Waals surface area contributed by atoms with E-state index < -0.39 is 36.9 Å². The fraction of sp³-hybridized carbons (Fsp3) is 0.933. The maximum absolute atomic E-state index is 11.5. The normalized spacial score (nSPS) is 30.9. The molecular weight excluding hydrogens is 308 g/mol. The molecule has 0 aromatic carbocycles. The zero-order chi connectivity index (χ0) is 17.2. The first-order chi connectivity index (χ1) is 11.0. The van der Waals surface area contributed by atoms with Crippen molar-refractivity contribution in [3.05, 3.63) is 0 Å². The molecule has 0 aliphatic carbocycles. The average molecular weight is 336 g/mol. The van der Waals surface area contributed by atoms with Crippen LogP contribution < -0.4 is 0 Å². The molecule has 1 aliphatic heterocycles. The van der Waals surface area contributed by atoms with Crippen molar-refractivity contribution in [1.29, 1.82) is 0 Å². The van der Waals surface area contributed by atoms with E-state index in [1.165, 1.54) is 7.11 Å². The molecule has 136 valence electrons. The molecule has 5 atom stereocenters. The molecule has 0 unspecified atom stereocenters. The van der Waals surface area contributed by atoms with E-state index in [9.17, 15) is 20.1 Å². The van der Waals surface area contributed by atoms with Crippen LogP contribution >= 0.6 is 0 Å². The summed E-state index contributed by atoms with van der Waals surface area (Å²) in [7, 11) is 1.29. The molecule has 0 saturated carbocycles. The average Bonchev–Trinajstić information content (AvgIpc) is 2.55. The van der Waals surface area contributed by atoms with Gasteiger partial charge in [0.25, 0.3) is 0 Å². The van der Waals surface area contributed by atoms with Crippen LogP contribution in [0.4, 0.5) is 4.79 Å². The van der Waals surface area contributed by atoms with Crippen LogP contribution in [0.3, 0.4) is 0 Å². The highest BCUT2D eigenvalue weighted by molar-refractivity contribution is 5.59. The van der Waals surface area contributed by atoms with Gasteiger partial charge < -0.3 is 34.3 Å². The van der Waals surface area contributed by atoms with Crippen molar-refractivity contribution < 1.29 is 39.1 Å². The lowest BCUT2D eigenvalue weighted by Gasteiger charge is -2.39. The van der Waals surface area contributed by atoms with E-state index in [0.717, 1.165) is 32.1 Å². The van der Waals surface area contributed by atoms with Crippen molar-refractivity contribution >= 4 is 6.16 Å². The zero-order valence-corrected chi connectivity index (χ0v) is 13.7. The van der Waals surface area contributed by atoms with Gasteiger partial charge in [-0.25, -0.2) is 4.79 Å². The minimum atomic E-state index is -1.45. The molecule has 0 radical (unpaired) electrons. The minimum absolute atomic E-state index is 0.276. The standard InChI is InChI=1S/C15H28O8/c1-3-4-5-6-7-8-21-15(19)22-9-10-11(16)12(17)13(18)14(20-2)23-10/h10-14,16-18H,3-9H2,1-2H3/t10-,11-,12+,13-,14-/m1/s1. The molecule has 3 N–H and O–H groups in total. The van der Waals surface area contributed by atoms with Gasteiger partial charge in [0.05, 0.1) is 6.61 Å². The number of aliphatic hydroxyl groups excluding tert-OH is 3. The Kier molecular flexibility index (Phi) is 9.42. The van der Waals surface area contributed by atoms with Crippen molar-refractivity contribution in [3.8, 4) is 0 Å². The van der Waals surface area contributed by atoms with Crippen LogP contribution in [0.25, 0.3) is 0 Å². The van der Waals surface area contributed by atoms with Crippen LogP contribution in [-0.4, -0.2) is 72.5 Å². The SMILES string of the molecule is CCCCCCCOC(=O)OC[C@H]1O[C@@H](OC)[C@H](O)[C@@H](O)[C@@H]1O. The van der Waals surface area contributed by atoms with E-state index in [-0.39, 0.29) is 13.2 Å². The van der Waals surface area contributed by atoms with Gasteiger partial charge >= 0.3 is 6.16 Å². The Morgan fingerprint density at radius 1 is 1.00 bits per heavy atom. The van der Waals surface area contributed by atoms with Gasteiger partial charge in [0, 0.05) is 7.11 Å². The molecule has 8 heteroatoms. The number of carbonyl (C=O) groups is 1. The fourth-order valence-electron chi connectivity index (χ4n) is 2.30. The van der Waals surface area contributed by atoms with Crippen molar-refractivity contribution in [1.82, 2.24) is 0 Å². The number of aliphatic hydroxyl groups is 3. The first kappa shape index (κ1) is 20.1. The summed E-state index contributed by atoms with van der Waals surface area (Å²) in [6, 6.07) is 0. The fourth-order valence-corrected chi connectivity index (χ4v) is 2.30. The van der Waals surface area contributed by atoms with Gasteiger partial charge in [0.15, 0.2) is 6.29 Å². The van der Waals surface area contributed by atoms with Gasteiger partial charge in [-0.2, -0.15) is 0 Å². The number of hydrogen-bond donors (Lipinski definition) is 3. The van der Waals surface area contributed by atoms with E-state index in [4.69, 9.17) is 18.9 Å². The van der Waals surface area contributed by atoms with Crippen LogP contribution in [0, 0.1) is 0 Å². The Morgan fingerprint density at radius 2 is 1.70 bits per heavy atom. The van der Waals surface area contributed by atoms with E-state index in [2.05, 4.69) is 6.92 Å². The predicted octanol–water partition coefficient (Wildman–Crippen LogP) is 0.564. The lowest BCUT2D eigenvalue weighted by Crippen LogP contribution is -2.59. The lowest BCUT2D eigenvalue weighted by atomic mass is 9.99. The van der Waals surface area contributed by atoms with E-state index in [1.807, 2.05) is 0 Å². The summed E-state index contributed by atoms with van der Waals surface area (Å²) >= 11 is 0. The van der Waals surface area contributed by atoms with Gasteiger partial charge in [-0.15, -0.1) is 0 Å². The number of rotatable bonds is 9. The van der Waals surface area contributed by atoms with Crippen LogP contribution in [0.15, 0.2) is 0 Å². The second-order valence-corrected chi connectivity index (χ2v) is 5.57. The Morgan fingerprint density at radius 3 is 2.35 bits per heavy atom. The molecular formula is C15H28O8. The monoisotopic (exact) mass is 336 g/mol. The summed E-state index contributed by atoms with van der Waals surface area (Å²) < 4.78 is 19.9. The quantitative estimate of drug-likeness (QED) is 0.413. The molecule has 1 saturated heterocycles. The molecule has 0 aromatic heterocycles. The van der Waals surface area contributed by atoms with Crippen LogP contribution in [0.1, 0.15) is 39.0 Å². The molecule has 8 nitrogen and oxygen atoms in total. The number of methoxy groups -OCH3 is 1. The molecule has 0 spiro atoms. The summed E-state index contributed by atoms with van der Waals surface area (Å²) in [4.78, 5) is 11.5. The third-order valence-corrected chi connectivity index (χ3v) is 3.73. The van der Waals surface area contributed by atoms with Crippen molar-refractivity contribution in [2.45, 2.75) is 69.7 Å². The topological polar surface area (TPSA) is 115 Å². The summed E-state index contributed by atoms with van der Waals surface area (Å²) in [5.74, 6) is 0. The number of unbranched alkanes of at least 4 members (excludes halogenated alkanes) is 4. The smallest absolute Gasteiger partial charge is 0.434 e. The highest BCUT2D eigenvalue weighted by atomic mass is 16.7. The Hall–Kier alpha value is -0.930. The summed E-state index contributed by atoms with van der Waals surface area (Å²) in [5.41, 5.74) is 0. The molecule has 0 amide bonds. The van der Waals surface area contributed by atoms with Crippen molar-refractivity contribution in [2.24, 2.45) is 0 Å². The summed E-state index contributed by atoms with van der Waals surface area (Å²) in [5, 5.41) is 29.1. The summed E-state index contributed by atoms with van der Waals surface area (Å²) in [6.07, 6.45) is -1.99. The molecule has 1 fully saturated rings. The highest BCUT2D eigenvalue weighted by Gasteiger charge is 2.44. The highest BCUT2D eigenvalue weighted by Crippen LogP contribution is 2.22. The third-order valence-electron chi connectivity index (χ3n) is 3.73. The minimum Gasteiger partial charge on any atom is -0.434 e. The zero-order valence-electron chi connectivity index (χ0n) is 13.7. The molecule has 0 bridgehead atoms. The Bertz CT molecular complexity index is 335. The Balaban J connectivity index is 2.24. The van der Waals surface area contributed by atoms with Crippen LogP contribution in [0.5, 0.6) is 0 Å². The van der Waals surface area contributed by atoms with Gasteiger partial charge in [0.1, 0.15) is 31.0 Å². The first-order valence-electron chi connectivity index (χ1n) is 8.03. The largest absolute Gasteiger partial charge is 0.508 e. The van der Waals surface area contributed by atoms with Crippen LogP contribution in [-0.2, 0) is 18.9 Å². The molecule has 23 heavy (non-hydrogen) atoms. The van der Waals surface area contributed by atoms with Gasteiger partial charge in [0.2, 0.25) is 0 Å². The molecule has 1 aliphatic rings. The predicted molar refractivity (Wildman–Crippen MR) is 79.7 cm³/mol. The third kappa shape index (κ3) is 6.60. The van der Waals surface area contributed by atoms with Crippen molar-refractivity contribution in [3.63, 3.8) is 0 Å². The van der Waals surface area contributed by atoms with E-state index in [1.54, 1.807) is 0 Å². The lowest BCUT2D eigenvalue weighted by molar-refractivity contribution is -0.294. The number of carbonyl (C=O) groups excluding carboxylic acids is 1.